The Morgan fingerprint density at radius 3 is 2.60 bits per heavy atom. The maximum Gasteiger partial charge on any atom is 0.0656 e. The summed E-state index contributed by atoms with van der Waals surface area (Å²) in [7, 11) is 0. The molecule has 2 nitrogen and oxygen atoms in total. The van der Waals surface area contributed by atoms with Crippen molar-refractivity contribution in [1.29, 1.82) is 0 Å². The molecule has 0 spiro atoms. The minimum Gasteiger partial charge on any atom is -0.313 e. The highest BCUT2D eigenvalue weighted by Gasteiger charge is 2.03. The second-order valence-electron chi connectivity index (χ2n) is 4.10. The minimum absolute atomic E-state index is 0.518. The Morgan fingerprint density at radius 2 is 2.07 bits per heavy atom. The molecule has 1 aromatic rings. The fraction of sp³-hybridized carbons (Fsp3) is 0.636. The molecule has 0 fully saturated rings. The van der Waals surface area contributed by atoms with Gasteiger partial charge in [-0.2, -0.15) is 0 Å². The van der Waals surface area contributed by atoms with Gasteiger partial charge in [-0.15, -0.1) is 11.3 Å². The van der Waals surface area contributed by atoms with Crippen molar-refractivity contribution in [3.63, 3.8) is 0 Å². The van der Waals surface area contributed by atoms with Crippen LogP contribution in [0.2, 0.25) is 0 Å². The lowest BCUT2D eigenvalue weighted by atomic mass is 10.2. The monoisotopic (exact) mass is 338 g/mol. The molecule has 0 radical (unpaired) electrons. The third kappa shape index (κ3) is 5.85. The Bertz CT molecular complexity index is 286. The van der Waals surface area contributed by atoms with Crippen LogP contribution >= 0.6 is 33.9 Å². The first-order chi connectivity index (χ1) is 7.08. The first kappa shape index (κ1) is 13.4. The van der Waals surface area contributed by atoms with Gasteiger partial charge in [0, 0.05) is 25.2 Å². The van der Waals surface area contributed by atoms with Crippen LogP contribution in [0.5, 0.6) is 0 Å². The molecule has 15 heavy (non-hydrogen) atoms. The molecule has 0 saturated heterocycles. The van der Waals surface area contributed by atoms with Gasteiger partial charge in [-0.1, -0.05) is 13.8 Å². The van der Waals surface area contributed by atoms with E-state index >= 15 is 0 Å². The Balaban J connectivity index is 2.19. The molecule has 1 aromatic heterocycles. The molecule has 1 rings (SSSR count). The number of halogens is 1. The van der Waals surface area contributed by atoms with Gasteiger partial charge in [0.05, 0.1) is 2.88 Å². The average molecular weight is 338 g/mol. The van der Waals surface area contributed by atoms with Crippen LogP contribution in [0.25, 0.3) is 0 Å². The summed E-state index contributed by atoms with van der Waals surface area (Å²) >= 11 is 4.17. The van der Waals surface area contributed by atoms with Crippen LogP contribution in [-0.2, 0) is 6.54 Å². The van der Waals surface area contributed by atoms with Gasteiger partial charge in [0.15, 0.2) is 0 Å². The summed E-state index contributed by atoms with van der Waals surface area (Å²) in [6.07, 6.45) is 0. The van der Waals surface area contributed by atoms with E-state index in [4.69, 9.17) is 0 Å². The second-order valence-corrected chi connectivity index (χ2v) is 6.91. The van der Waals surface area contributed by atoms with E-state index in [9.17, 15) is 0 Å². The standard InChI is InChI=1S/C11H19IN2S/c1-8(2)13-5-9(3)14-6-10-4-11(12)15-7-10/h4,7-9,13-14H,5-6H2,1-3H3. The lowest BCUT2D eigenvalue weighted by molar-refractivity contribution is 0.474. The first-order valence-corrected chi connectivity index (χ1v) is 7.23. The van der Waals surface area contributed by atoms with Crippen LogP contribution in [0.15, 0.2) is 11.4 Å². The van der Waals surface area contributed by atoms with Crippen molar-refractivity contribution < 1.29 is 0 Å². The molecule has 1 heterocycles. The van der Waals surface area contributed by atoms with Crippen molar-refractivity contribution in [3.05, 3.63) is 19.9 Å². The van der Waals surface area contributed by atoms with Gasteiger partial charge >= 0.3 is 0 Å². The summed E-state index contributed by atoms with van der Waals surface area (Å²) in [6, 6.07) is 3.32. The SMILES string of the molecule is CC(C)NCC(C)NCc1csc(I)c1. The van der Waals surface area contributed by atoms with Gasteiger partial charge in [0.25, 0.3) is 0 Å². The van der Waals surface area contributed by atoms with Gasteiger partial charge in [0.2, 0.25) is 0 Å². The van der Waals surface area contributed by atoms with Crippen LogP contribution in [0, 0.1) is 2.88 Å². The molecule has 0 aliphatic rings. The molecule has 0 bridgehead atoms. The van der Waals surface area contributed by atoms with Crippen LogP contribution in [0.4, 0.5) is 0 Å². The third-order valence-electron chi connectivity index (χ3n) is 2.11. The number of hydrogen-bond acceptors (Lipinski definition) is 3. The fourth-order valence-corrected chi connectivity index (χ4v) is 2.63. The number of hydrogen-bond donors (Lipinski definition) is 2. The van der Waals surface area contributed by atoms with Crippen LogP contribution in [0.1, 0.15) is 26.3 Å². The molecule has 0 aliphatic carbocycles. The van der Waals surface area contributed by atoms with Gasteiger partial charge in [0.1, 0.15) is 0 Å². The number of thiophene rings is 1. The van der Waals surface area contributed by atoms with E-state index in [0.717, 1.165) is 13.1 Å². The van der Waals surface area contributed by atoms with E-state index in [-0.39, 0.29) is 0 Å². The summed E-state index contributed by atoms with van der Waals surface area (Å²) in [5.74, 6) is 0. The fourth-order valence-electron chi connectivity index (χ4n) is 1.22. The zero-order valence-electron chi connectivity index (χ0n) is 9.51. The highest BCUT2D eigenvalue weighted by atomic mass is 127. The van der Waals surface area contributed by atoms with E-state index in [1.807, 2.05) is 0 Å². The van der Waals surface area contributed by atoms with Gasteiger partial charge in [-0.05, 0) is 46.5 Å². The van der Waals surface area contributed by atoms with Crippen LogP contribution < -0.4 is 10.6 Å². The molecule has 0 aromatic carbocycles. The highest BCUT2D eigenvalue weighted by molar-refractivity contribution is 14.1. The number of nitrogens with one attached hydrogen (secondary N) is 2. The summed E-state index contributed by atoms with van der Waals surface area (Å²) in [6.45, 7) is 8.56. The van der Waals surface area contributed by atoms with E-state index in [0.29, 0.717) is 12.1 Å². The van der Waals surface area contributed by atoms with Crippen molar-refractivity contribution in [2.75, 3.05) is 6.54 Å². The Labute approximate surface area is 110 Å². The normalized spacial score (nSPS) is 13.4. The Hall–Kier alpha value is 0.350. The molecule has 86 valence electrons. The summed E-state index contributed by atoms with van der Waals surface area (Å²) in [4.78, 5) is 0. The molecule has 0 amide bonds. The summed E-state index contributed by atoms with van der Waals surface area (Å²) in [5.41, 5.74) is 1.39. The lowest BCUT2D eigenvalue weighted by Gasteiger charge is -2.16. The van der Waals surface area contributed by atoms with Crippen LogP contribution in [-0.4, -0.2) is 18.6 Å². The van der Waals surface area contributed by atoms with Crippen molar-refractivity contribution in [2.24, 2.45) is 0 Å². The maximum absolute atomic E-state index is 3.51. The van der Waals surface area contributed by atoms with E-state index in [1.54, 1.807) is 11.3 Å². The molecule has 4 heteroatoms. The smallest absolute Gasteiger partial charge is 0.0656 e. The maximum atomic E-state index is 3.51. The summed E-state index contributed by atoms with van der Waals surface area (Å²) < 4.78 is 1.36. The van der Waals surface area contributed by atoms with E-state index < -0.39 is 0 Å². The van der Waals surface area contributed by atoms with E-state index in [1.165, 1.54) is 8.45 Å². The van der Waals surface area contributed by atoms with Crippen molar-refractivity contribution >= 4 is 33.9 Å². The number of rotatable bonds is 6. The van der Waals surface area contributed by atoms with Gasteiger partial charge in [-0.25, -0.2) is 0 Å². The second kappa shape index (κ2) is 6.83. The molecule has 1 atom stereocenters. The van der Waals surface area contributed by atoms with Crippen molar-refractivity contribution in [2.45, 2.75) is 39.4 Å². The molecule has 1 unspecified atom stereocenters. The van der Waals surface area contributed by atoms with Gasteiger partial charge < -0.3 is 10.6 Å². The topological polar surface area (TPSA) is 24.1 Å². The molecule has 2 N–H and O–H groups in total. The predicted molar refractivity (Wildman–Crippen MR) is 76.5 cm³/mol. The quantitative estimate of drug-likeness (QED) is 0.780. The predicted octanol–water partition coefficient (Wildman–Crippen LogP) is 2.83. The van der Waals surface area contributed by atoms with Crippen LogP contribution in [0.3, 0.4) is 0 Å². The van der Waals surface area contributed by atoms with E-state index in [2.05, 4.69) is 65.4 Å². The van der Waals surface area contributed by atoms with Gasteiger partial charge in [-0.3, -0.25) is 0 Å². The lowest BCUT2D eigenvalue weighted by Crippen LogP contribution is -2.38. The zero-order chi connectivity index (χ0) is 11.3. The average Bonchev–Trinajstić information content (AvgIpc) is 2.58. The molecule has 0 saturated carbocycles. The first-order valence-electron chi connectivity index (χ1n) is 5.27. The third-order valence-corrected chi connectivity index (χ3v) is 3.95. The highest BCUT2D eigenvalue weighted by Crippen LogP contribution is 2.16. The Kier molecular flexibility index (Phi) is 6.11. The molecular weight excluding hydrogens is 319 g/mol. The Morgan fingerprint density at radius 1 is 1.33 bits per heavy atom. The van der Waals surface area contributed by atoms with Crippen molar-refractivity contribution in [3.8, 4) is 0 Å². The summed E-state index contributed by atoms with van der Waals surface area (Å²) in [5, 5.41) is 9.15. The zero-order valence-corrected chi connectivity index (χ0v) is 12.5. The van der Waals surface area contributed by atoms with Crippen molar-refractivity contribution in [1.82, 2.24) is 10.6 Å². The largest absolute Gasteiger partial charge is 0.313 e. The molecular formula is C11H19IN2S. The molecule has 0 aliphatic heterocycles. The minimum atomic E-state index is 0.518.